The third-order valence-corrected chi connectivity index (χ3v) is 4.81. The summed E-state index contributed by atoms with van der Waals surface area (Å²) in [6.07, 6.45) is 0. The predicted octanol–water partition coefficient (Wildman–Crippen LogP) is 2.48. The van der Waals surface area contributed by atoms with Crippen LogP contribution in [0.5, 0.6) is 5.75 Å². The Morgan fingerprint density at radius 2 is 1.96 bits per heavy atom. The number of carbonyl (C=O) groups is 1. The Kier molecular flexibility index (Phi) is 10.1. The van der Waals surface area contributed by atoms with E-state index in [0.29, 0.717) is 36.9 Å². The molecule has 27 heavy (non-hydrogen) atoms. The highest BCUT2D eigenvalue weighted by molar-refractivity contribution is 14.0. The van der Waals surface area contributed by atoms with Gasteiger partial charge in [0.2, 0.25) is 0 Å². The standard InChI is InChI=1S/C18H25N5O2S.HI/c1-12-13(2)26-16(23-12)11-22-18(19-3)21-9-8-20-17(24)14-6-5-7-15(10-14)25-4;/h5-7,10H,8-9,11H2,1-4H3,(H,20,24)(H2,19,21,22);1H. The number of hydrogen-bond donors (Lipinski definition) is 3. The quantitative estimate of drug-likeness (QED) is 0.234. The smallest absolute Gasteiger partial charge is 0.251 e. The fraction of sp³-hybridized carbons (Fsp3) is 0.389. The zero-order valence-corrected chi connectivity index (χ0v) is 19.1. The summed E-state index contributed by atoms with van der Waals surface area (Å²) in [5.41, 5.74) is 1.64. The lowest BCUT2D eigenvalue weighted by molar-refractivity contribution is 0.0954. The van der Waals surface area contributed by atoms with Gasteiger partial charge in [-0.05, 0) is 32.0 Å². The van der Waals surface area contributed by atoms with E-state index in [-0.39, 0.29) is 29.9 Å². The Hall–Kier alpha value is -1.88. The van der Waals surface area contributed by atoms with Crippen LogP contribution in [-0.4, -0.2) is 44.1 Å². The summed E-state index contributed by atoms with van der Waals surface area (Å²) >= 11 is 1.68. The van der Waals surface area contributed by atoms with Crippen LogP contribution in [0.4, 0.5) is 0 Å². The molecule has 0 saturated carbocycles. The van der Waals surface area contributed by atoms with Crippen LogP contribution in [0.2, 0.25) is 0 Å². The molecule has 0 bridgehead atoms. The maximum atomic E-state index is 12.1. The number of carbonyl (C=O) groups excluding carboxylic acids is 1. The second-order valence-corrected chi connectivity index (χ2v) is 6.88. The molecular weight excluding hydrogens is 477 g/mol. The maximum Gasteiger partial charge on any atom is 0.251 e. The number of aliphatic imine (C=N–C) groups is 1. The molecule has 1 aromatic heterocycles. The average molecular weight is 503 g/mol. The molecule has 2 rings (SSSR count). The summed E-state index contributed by atoms with van der Waals surface area (Å²) in [5, 5.41) is 10.3. The number of methoxy groups -OCH3 is 1. The van der Waals surface area contributed by atoms with Gasteiger partial charge in [-0.2, -0.15) is 0 Å². The summed E-state index contributed by atoms with van der Waals surface area (Å²) in [6, 6.07) is 7.06. The zero-order chi connectivity index (χ0) is 18.9. The number of nitrogens with one attached hydrogen (secondary N) is 3. The molecule has 0 atom stereocenters. The fourth-order valence-corrected chi connectivity index (χ4v) is 3.09. The molecule has 2 aromatic rings. The second kappa shape index (κ2) is 11.8. The van der Waals surface area contributed by atoms with E-state index < -0.39 is 0 Å². The van der Waals surface area contributed by atoms with Crippen LogP contribution < -0.4 is 20.7 Å². The third-order valence-electron chi connectivity index (χ3n) is 3.74. The summed E-state index contributed by atoms with van der Waals surface area (Å²) in [5.74, 6) is 1.20. The van der Waals surface area contributed by atoms with E-state index in [4.69, 9.17) is 4.74 Å². The number of benzene rings is 1. The Bertz CT molecular complexity index is 759. The van der Waals surface area contributed by atoms with Gasteiger partial charge in [-0.3, -0.25) is 9.79 Å². The molecule has 9 heteroatoms. The van der Waals surface area contributed by atoms with Crippen molar-refractivity contribution in [2.24, 2.45) is 4.99 Å². The number of aromatic nitrogens is 1. The van der Waals surface area contributed by atoms with Gasteiger partial charge in [0.1, 0.15) is 10.8 Å². The van der Waals surface area contributed by atoms with Crippen LogP contribution in [-0.2, 0) is 6.54 Å². The van der Waals surface area contributed by atoms with Gasteiger partial charge in [0.25, 0.3) is 5.91 Å². The number of amides is 1. The normalized spacial score (nSPS) is 10.7. The number of guanidine groups is 1. The Morgan fingerprint density at radius 1 is 1.22 bits per heavy atom. The third kappa shape index (κ3) is 7.33. The molecule has 0 fully saturated rings. The molecule has 0 saturated heterocycles. The molecule has 1 amide bonds. The molecule has 0 unspecified atom stereocenters. The second-order valence-electron chi connectivity index (χ2n) is 5.59. The number of thiazole rings is 1. The molecule has 1 aromatic carbocycles. The van der Waals surface area contributed by atoms with Crippen molar-refractivity contribution in [3.8, 4) is 5.75 Å². The summed E-state index contributed by atoms with van der Waals surface area (Å²) in [4.78, 5) is 22.0. The number of aryl methyl sites for hydroxylation is 2. The minimum absolute atomic E-state index is 0. The van der Waals surface area contributed by atoms with Crippen molar-refractivity contribution < 1.29 is 9.53 Å². The molecule has 0 aliphatic carbocycles. The van der Waals surface area contributed by atoms with Gasteiger partial charge in [-0.15, -0.1) is 35.3 Å². The first-order chi connectivity index (χ1) is 12.5. The van der Waals surface area contributed by atoms with E-state index in [1.54, 1.807) is 49.8 Å². The lowest BCUT2D eigenvalue weighted by Gasteiger charge is -2.11. The first-order valence-electron chi connectivity index (χ1n) is 8.33. The lowest BCUT2D eigenvalue weighted by atomic mass is 10.2. The van der Waals surface area contributed by atoms with Gasteiger partial charge >= 0.3 is 0 Å². The number of nitrogens with zero attached hydrogens (tertiary/aromatic N) is 2. The van der Waals surface area contributed by atoms with Crippen molar-refractivity contribution in [2.75, 3.05) is 27.2 Å². The maximum absolute atomic E-state index is 12.1. The van der Waals surface area contributed by atoms with Gasteiger partial charge in [0, 0.05) is 30.6 Å². The minimum Gasteiger partial charge on any atom is -0.497 e. The van der Waals surface area contributed by atoms with E-state index in [0.717, 1.165) is 10.7 Å². The Morgan fingerprint density at radius 3 is 2.59 bits per heavy atom. The minimum atomic E-state index is -0.137. The van der Waals surface area contributed by atoms with Crippen molar-refractivity contribution in [3.63, 3.8) is 0 Å². The van der Waals surface area contributed by atoms with Crippen molar-refractivity contribution in [1.29, 1.82) is 0 Å². The Labute approximate surface area is 181 Å². The van der Waals surface area contributed by atoms with Crippen LogP contribution in [0.3, 0.4) is 0 Å². The van der Waals surface area contributed by atoms with Gasteiger partial charge in [0.15, 0.2) is 5.96 Å². The van der Waals surface area contributed by atoms with Crippen LogP contribution in [0.1, 0.15) is 25.9 Å². The van der Waals surface area contributed by atoms with Crippen LogP contribution in [0.25, 0.3) is 0 Å². The van der Waals surface area contributed by atoms with Crippen molar-refractivity contribution >= 4 is 47.2 Å². The summed E-state index contributed by atoms with van der Waals surface area (Å²) in [6.45, 7) is 5.73. The molecule has 3 N–H and O–H groups in total. The van der Waals surface area contributed by atoms with Crippen molar-refractivity contribution in [3.05, 3.63) is 45.4 Å². The molecule has 0 aliphatic rings. The monoisotopic (exact) mass is 503 g/mol. The van der Waals surface area contributed by atoms with E-state index in [2.05, 4.69) is 32.9 Å². The number of ether oxygens (including phenoxy) is 1. The van der Waals surface area contributed by atoms with Gasteiger partial charge in [0.05, 0.1) is 19.3 Å². The highest BCUT2D eigenvalue weighted by atomic mass is 127. The lowest BCUT2D eigenvalue weighted by Crippen LogP contribution is -2.41. The van der Waals surface area contributed by atoms with E-state index in [9.17, 15) is 4.79 Å². The number of hydrogen-bond acceptors (Lipinski definition) is 5. The number of rotatable bonds is 7. The predicted molar refractivity (Wildman–Crippen MR) is 121 cm³/mol. The SMILES string of the molecule is CN=C(NCCNC(=O)c1cccc(OC)c1)NCc1nc(C)c(C)s1.I. The van der Waals surface area contributed by atoms with Crippen molar-refractivity contribution in [1.82, 2.24) is 20.9 Å². The van der Waals surface area contributed by atoms with Crippen LogP contribution in [0, 0.1) is 13.8 Å². The molecule has 7 nitrogen and oxygen atoms in total. The molecule has 1 heterocycles. The van der Waals surface area contributed by atoms with Gasteiger partial charge in [-0.25, -0.2) is 4.98 Å². The molecular formula is C18H26IN5O2S. The molecule has 148 valence electrons. The van der Waals surface area contributed by atoms with Gasteiger partial charge < -0.3 is 20.7 Å². The average Bonchev–Trinajstić information content (AvgIpc) is 2.98. The van der Waals surface area contributed by atoms with E-state index >= 15 is 0 Å². The van der Waals surface area contributed by atoms with Crippen LogP contribution >= 0.6 is 35.3 Å². The molecule has 0 radical (unpaired) electrons. The first kappa shape index (κ1) is 23.2. The highest BCUT2D eigenvalue weighted by Gasteiger charge is 2.07. The van der Waals surface area contributed by atoms with Crippen molar-refractivity contribution in [2.45, 2.75) is 20.4 Å². The fourth-order valence-electron chi connectivity index (χ4n) is 2.22. The van der Waals surface area contributed by atoms with Crippen LogP contribution in [0.15, 0.2) is 29.3 Å². The van der Waals surface area contributed by atoms with E-state index in [1.807, 2.05) is 6.92 Å². The van der Waals surface area contributed by atoms with Gasteiger partial charge in [-0.1, -0.05) is 6.07 Å². The first-order valence-corrected chi connectivity index (χ1v) is 9.14. The molecule has 0 spiro atoms. The zero-order valence-electron chi connectivity index (χ0n) is 16.0. The number of halogens is 1. The topological polar surface area (TPSA) is 87.6 Å². The summed E-state index contributed by atoms with van der Waals surface area (Å²) < 4.78 is 5.13. The molecule has 0 aliphatic heterocycles. The highest BCUT2D eigenvalue weighted by Crippen LogP contribution is 2.15. The van der Waals surface area contributed by atoms with E-state index in [1.165, 1.54) is 4.88 Å². The Balaban J connectivity index is 0.00000364. The summed E-state index contributed by atoms with van der Waals surface area (Å²) in [7, 11) is 3.29. The largest absolute Gasteiger partial charge is 0.497 e.